The summed E-state index contributed by atoms with van der Waals surface area (Å²) in [7, 11) is -3.78. The van der Waals surface area contributed by atoms with Crippen LogP contribution in [0.15, 0.2) is 29.2 Å². The second-order valence-electron chi connectivity index (χ2n) is 5.78. The van der Waals surface area contributed by atoms with Crippen molar-refractivity contribution in [2.45, 2.75) is 23.8 Å². The molecule has 0 saturated carbocycles. The molecule has 0 bridgehead atoms. The van der Waals surface area contributed by atoms with Gasteiger partial charge in [-0.15, -0.1) is 0 Å². The molecular formula is C15H24N4O3S2. The average Bonchev–Trinajstić information content (AvgIpc) is 2.53. The van der Waals surface area contributed by atoms with Crippen molar-refractivity contribution in [1.82, 2.24) is 10.2 Å². The maximum absolute atomic E-state index is 12.1. The number of carbonyl (C=O) groups is 1. The van der Waals surface area contributed by atoms with Gasteiger partial charge in [-0.05, 0) is 37.3 Å². The number of hydrogen-bond donors (Lipinski definition) is 3. The second-order valence-corrected chi connectivity index (χ2v) is 8.33. The summed E-state index contributed by atoms with van der Waals surface area (Å²) in [4.78, 5) is 14.5. The molecule has 4 N–H and O–H groups in total. The van der Waals surface area contributed by atoms with Gasteiger partial charge in [-0.3, -0.25) is 0 Å². The monoisotopic (exact) mass is 372 g/mol. The minimum Gasteiger partial charge on any atom is -0.335 e. The van der Waals surface area contributed by atoms with E-state index in [0.717, 1.165) is 38.2 Å². The van der Waals surface area contributed by atoms with E-state index < -0.39 is 10.0 Å². The Morgan fingerprint density at radius 3 is 2.71 bits per heavy atom. The van der Waals surface area contributed by atoms with Crippen LogP contribution in [0.4, 0.5) is 10.5 Å². The van der Waals surface area contributed by atoms with E-state index in [4.69, 9.17) is 5.14 Å². The number of hydrogen-bond acceptors (Lipinski definition) is 5. The van der Waals surface area contributed by atoms with Crippen LogP contribution in [-0.2, 0) is 10.0 Å². The molecule has 1 aliphatic rings. The summed E-state index contributed by atoms with van der Waals surface area (Å²) in [5.41, 5.74) is 0.399. The van der Waals surface area contributed by atoms with Crippen molar-refractivity contribution >= 4 is 33.5 Å². The number of primary sulfonamides is 1. The summed E-state index contributed by atoms with van der Waals surface area (Å²) >= 11 is 1.84. The van der Waals surface area contributed by atoms with Gasteiger partial charge in [-0.25, -0.2) is 18.4 Å². The van der Waals surface area contributed by atoms with Crippen LogP contribution >= 0.6 is 11.8 Å². The van der Waals surface area contributed by atoms with Crippen molar-refractivity contribution < 1.29 is 13.2 Å². The van der Waals surface area contributed by atoms with Crippen LogP contribution in [0.25, 0.3) is 0 Å². The molecule has 0 radical (unpaired) electrons. The number of nitrogens with one attached hydrogen (secondary N) is 2. The van der Waals surface area contributed by atoms with Gasteiger partial charge in [0.15, 0.2) is 0 Å². The van der Waals surface area contributed by atoms with Crippen molar-refractivity contribution in [3.05, 3.63) is 24.3 Å². The molecule has 0 aromatic heterocycles. The fraction of sp³-hybridized carbons (Fsp3) is 0.533. The van der Waals surface area contributed by atoms with E-state index in [1.807, 2.05) is 11.8 Å². The number of anilines is 1. The Kier molecular flexibility index (Phi) is 6.90. The predicted molar refractivity (Wildman–Crippen MR) is 97.8 cm³/mol. The van der Waals surface area contributed by atoms with E-state index in [9.17, 15) is 13.2 Å². The first kappa shape index (κ1) is 19.0. The zero-order chi connectivity index (χ0) is 17.6. The van der Waals surface area contributed by atoms with Gasteiger partial charge >= 0.3 is 6.03 Å². The van der Waals surface area contributed by atoms with Crippen LogP contribution in [0.3, 0.4) is 0 Å². The van der Waals surface area contributed by atoms with Gasteiger partial charge in [-0.1, -0.05) is 6.07 Å². The highest BCUT2D eigenvalue weighted by Gasteiger charge is 2.20. The Balaban J connectivity index is 1.82. The Labute approximate surface area is 147 Å². The average molecular weight is 373 g/mol. The highest BCUT2D eigenvalue weighted by atomic mass is 32.2. The van der Waals surface area contributed by atoms with Crippen LogP contribution in [0, 0.1) is 0 Å². The normalized spacial score (nSPS) is 16.8. The summed E-state index contributed by atoms with van der Waals surface area (Å²) in [5, 5.41) is 10.7. The minimum absolute atomic E-state index is 0.0256. The topological polar surface area (TPSA) is 105 Å². The lowest BCUT2D eigenvalue weighted by Crippen LogP contribution is -2.46. The van der Waals surface area contributed by atoms with E-state index >= 15 is 0 Å². The molecule has 1 aromatic carbocycles. The SMILES string of the molecule is CSCCN1CCC(NC(=O)Nc2cccc(S(N)(=O)=O)c2)CC1. The molecule has 2 amide bonds. The molecule has 0 spiro atoms. The first-order valence-electron chi connectivity index (χ1n) is 7.80. The first-order chi connectivity index (χ1) is 11.4. The second kappa shape index (κ2) is 8.70. The van der Waals surface area contributed by atoms with Crippen molar-refractivity contribution in [2.24, 2.45) is 5.14 Å². The number of likely N-dealkylation sites (tertiary alicyclic amines) is 1. The summed E-state index contributed by atoms with van der Waals surface area (Å²) in [5.74, 6) is 1.12. The number of benzene rings is 1. The van der Waals surface area contributed by atoms with Crippen LogP contribution in [0.2, 0.25) is 0 Å². The van der Waals surface area contributed by atoms with Crippen LogP contribution in [0.5, 0.6) is 0 Å². The van der Waals surface area contributed by atoms with Crippen LogP contribution in [0.1, 0.15) is 12.8 Å². The highest BCUT2D eigenvalue weighted by molar-refractivity contribution is 7.98. The Morgan fingerprint density at radius 1 is 1.38 bits per heavy atom. The molecule has 7 nitrogen and oxygen atoms in total. The minimum atomic E-state index is -3.78. The maximum atomic E-state index is 12.1. The maximum Gasteiger partial charge on any atom is 0.319 e. The number of piperidine rings is 1. The van der Waals surface area contributed by atoms with Crippen molar-refractivity contribution in [3.8, 4) is 0 Å². The van der Waals surface area contributed by atoms with Gasteiger partial charge in [0.2, 0.25) is 10.0 Å². The lowest BCUT2D eigenvalue weighted by atomic mass is 10.1. The molecule has 134 valence electrons. The zero-order valence-electron chi connectivity index (χ0n) is 13.7. The van der Waals surface area contributed by atoms with Gasteiger partial charge in [-0.2, -0.15) is 11.8 Å². The number of sulfonamides is 1. The number of carbonyl (C=O) groups excluding carboxylic acids is 1. The molecule has 2 rings (SSSR count). The van der Waals surface area contributed by atoms with Gasteiger partial charge < -0.3 is 15.5 Å². The molecule has 0 atom stereocenters. The van der Waals surface area contributed by atoms with E-state index in [1.54, 1.807) is 12.1 Å². The zero-order valence-corrected chi connectivity index (χ0v) is 15.3. The highest BCUT2D eigenvalue weighted by Crippen LogP contribution is 2.15. The number of thioether (sulfide) groups is 1. The van der Waals surface area contributed by atoms with Crippen molar-refractivity contribution in [2.75, 3.05) is 37.0 Å². The number of rotatable bonds is 6. The third-order valence-corrected chi connectivity index (χ3v) is 5.46. The largest absolute Gasteiger partial charge is 0.335 e. The molecule has 1 fully saturated rings. The lowest BCUT2D eigenvalue weighted by molar-refractivity contribution is 0.204. The molecule has 1 aliphatic heterocycles. The quantitative estimate of drug-likeness (QED) is 0.698. The third-order valence-electron chi connectivity index (χ3n) is 3.95. The van der Waals surface area contributed by atoms with Crippen LogP contribution < -0.4 is 15.8 Å². The van der Waals surface area contributed by atoms with Crippen LogP contribution in [-0.4, -0.2) is 57.0 Å². The summed E-state index contributed by atoms with van der Waals surface area (Å²) < 4.78 is 22.7. The number of nitrogens with two attached hydrogens (primary N) is 1. The fourth-order valence-corrected chi connectivity index (χ4v) is 3.62. The Morgan fingerprint density at radius 2 is 2.08 bits per heavy atom. The third kappa shape index (κ3) is 5.97. The number of urea groups is 1. The smallest absolute Gasteiger partial charge is 0.319 e. The molecule has 1 aromatic rings. The lowest BCUT2D eigenvalue weighted by Gasteiger charge is -2.32. The Hall–Kier alpha value is -1.29. The summed E-state index contributed by atoms with van der Waals surface area (Å²) in [6, 6.07) is 5.71. The van der Waals surface area contributed by atoms with Crippen molar-refractivity contribution in [3.63, 3.8) is 0 Å². The molecule has 0 aliphatic carbocycles. The molecular weight excluding hydrogens is 348 g/mol. The van der Waals surface area contributed by atoms with Gasteiger partial charge in [0.25, 0.3) is 0 Å². The molecule has 9 heteroatoms. The van der Waals surface area contributed by atoms with E-state index in [0.29, 0.717) is 5.69 Å². The number of amides is 2. The molecule has 1 heterocycles. The van der Waals surface area contributed by atoms with E-state index in [1.165, 1.54) is 12.1 Å². The van der Waals surface area contributed by atoms with E-state index in [-0.39, 0.29) is 17.0 Å². The van der Waals surface area contributed by atoms with Gasteiger partial charge in [0.05, 0.1) is 4.90 Å². The van der Waals surface area contributed by atoms with E-state index in [2.05, 4.69) is 21.8 Å². The molecule has 0 unspecified atom stereocenters. The first-order valence-corrected chi connectivity index (χ1v) is 10.7. The van der Waals surface area contributed by atoms with Crippen molar-refractivity contribution in [1.29, 1.82) is 0 Å². The van der Waals surface area contributed by atoms with Gasteiger partial charge in [0, 0.05) is 37.1 Å². The standard InChI is InChI=1S/C15H24N4O3S2/c1-23-10-9-19-7-5-12(6-8-19)17-15(20)18-13-3-2-4-14(11-13)24(16,21)22/h2-4,11-12H,5-10H2,1H3,(H2,16,21,22)(H2,17,18,20). The predicted octanol–water partition coefficient (Wildman–Crippen LogP) is 1.28. The fourth-order valence-electron chi connectivity index (χ4n) is 2.62. The number of nitrogens with zero attached hydrogens (tertiary/aromatic N) is 1. The molecule has 1 saturated heterocycles. The van der Waals surface area contributed by atoms with Gasteiger partial charge in [0.1, 0.15) is 0 Å². The summed E-state index contributed by atoms with van der Waals surface area (Å²) in [6.07, 6.45) is 3.93. The summed E-state index contributed by atoms with van der Waals surface area (Å²) in [6.45, 7) is 3.04. The molecule has 24 heavy (non-hydrogen) atoms. The Bertz CT molecular complexity index is 658.